The maximum Gasteiger partial charge on any atom is 0.261 e. The molecule has 4 nitrogen and oxygen atoms in total. The first kappa shape index (κ1) is 14.2. The number of H-pyrrole nitrogens is 1. The summed E-state index contributed by atoms with van der Waals surface area (Å²) < 4.78 is 2.43. The summed E-state index contributed by atoms with van der Waals surface area (Å²) in [6, 6.07) is 13.9. The first-order valence-corrected chi connectivity index (χ1v) is 8.09. The average Bonchev–Trinajstić information content (AvgIpc) is 2.95. The van der Waals surface area contributed by atoms with Crippen molar-refractivity contribution < 1.29 is 0 Å². The predicted molar refractivity (Wildman–Crippen MR) is 96.7 cm³/mol. The maximum absolute atomic E-state index is 12.7. The van der Waals surface area contributed by atoms with Crippen molar-refractivity contribution in [1.82, 2.24) is 14.5 Å². The van der Waals surface area contributed by atoms with Crippen molar-refractivity contribution in [2.45, 2.75) is 6.92 Å². The van der Waals surface area contributed by atoms with Gasteiger partial charge in [-0.1, -0.05) is 18.2 Å². The monoisotopic (exact) mass is 367 g/mol. The first-order valence-electron chi connectivity index (χ1n) is 7.29. The van der Waals surface area contributed by atoms with Gasteiger partial charge in [-0.2, -0.15) is 0 Å². The Morgan fingerprint density at radius 3 is 2.74 bits per heavy atom. The molecule has 0 aliphatic rings. The van der Waals surface area contributed by atoms with Crippen molar-refractivity contribution in [2.75, 3.05) is 0 Å². The van der Waals surface area contributed by atoms with Crippen molar-refractivity contribution in [2.24, 2.45) is 7.05 Å². The molecule has 114 valence electrons. The van der Waals surface area contributed by atoms with Gasteiger partial charge in [-0.25, -0.2) is 4.98 Å². The Morgan fingerprint density at radius 2 is 1.96 bits per heavy atom. The highest BCUT2D eigenvalue weighted by Crippen LogP contribution is 2.26. The Morgan fingerprint density at radius 1 is 1.17 bits per heavy atom. The van der Waals surface area contributed by atoms with Crippen LogP contribution in [0.1, 0.15) is 5.56 Å². The van der Waals surface area contributed by atoms with Gasteiger partial charge in [-0.15, -0.1) is 0 Å². The second-order valence-corrected chi connectivity index (χ2v) is 6.57. The van der Waals surface area contributed by atoms with Gasteiger partial charge in [-0.3, -0.25) is 9.36 Å². The second kappa shape index (κ2) is 5.06. The summed E-state index contributed by atoms with van der Waals surface area (Å²) in [4.78, 5) is 20.8. The summed E-state index contributed by atoms with van der Waals surface area (Å²) in [5.74, 6) is 0.628. The topological polar surface area (TPSA) is 50.7 Å². The lowest BCUT2D eigenvalue weighted by Crippen LogP contribution is -2.20. The number of aromatic amines is 1. The number of nitrogens with one attached hydrogen (secondary N) is 1. The fraction of sp³-hybridized carbons (Fsp3) is 0.111. The normalized spacial score (nSPS) is 11.4. The standard InChI is InChI=1S/C18H14BrN3O/c1-10-7-12-16(13(19)8-10)21-17(22(2)18(12)23)15-9-11-5-3-4-6-14(11)20-15/h3-9,20H,1-2H3. The van der Waals surface area contributed by atoms with Crippen LogP contribution in [0.4, 0.5) is 0 Å². The van der Waals surface area contributed by atoms with Crippen molar-refractivity contribution in [3.63, 3.8) is 0 Å². The van der Waals surface area contributed by atoms with E-state index in [1.165, 1.54) is 0 Å². The number of aryl methyl sites for hydroxylation is 1. The summed E-state index contributed by atoms with van der Waals surface area (Å²) in [6.45, 7) is 1.97. The Kier molecular flexibility index (Phi) is 3.13. The minimum atomic E-state index is -0.0481. The lowest BCUT2D eigenvalue weighted by atomic mass is 10.1. The van der Waals surface area contributed by atoms with Gasteiger partial charge in [0.25, 0.3) is 5.56 Å². The van der Waals surface area contributed by atoms with Gasteiger partial charge in [0.05, 0.1) is 16.6 Å². The Hall–Kier alpha value is -2.40. The summed E-state index contributed by atoms with van der Waals surface area (Å²) in [5.41, 5.74) is 3.53. The molecule has 4 aromatic rings. The quantitative estimate of drug-likeness (QED) is 0.549. The van der Waals surface area contributed by atoms with Crippen LogP contribution < -0.4 is 5.56 Å². The largest absolute Gasteiger partial charge is 0.352 e. The predicted octanol–water partition coefficient (Wildman–Crippen LogP) is 4.15. The van der Waals surface area contributed by atoms with E-state index in [0.29, 0.717) is 16.7 Å². The molecule has 0 amide bonds. The minimum Gasteiger partial charge on any atom is -0.352 e. The van der Waals surface area contributed by atoms with Crippen LogP contribution in [0.25, 0.3) is 33.3 Å². The third-order valence-corrected chi connectivity index (χ3v) is 4.65. The van der Waals surface area contributed by atoms with Gasteiger partial charge in [-0.05, 0) is 52.7 Å². The molecule has 2 aromatic heterocycles. The van der Waals surface area contributed by atoms with Crippen LogP contribution in [0.15, 0.2) is 51.7 Å². The molecular weight excluding hydrogens is 354 g/mol. The summed E-state index contributed by atoms with van der Waals surface area (Å²) in [6.07, 6.45) is 0. The van der Waals surface area contributed by atoms with Crippen molar-refractivity contribution >= 4 is 37.7 Å². The molecule has 2 aromatic carbocycles. The highest BCUT2D eigenvalue weighted by atomic mass is 79.9. The van der Waals surface area contributed by atoms with Crippen LogP contribution in [0.2, 0.25) is 0 Å². The van der Waals surface area contributed by atoms with Crippen LogP contribution in [0, 0.1) is 6.92 Å². The van der Waals surface area contributed by atoms with Crippen LogP contribution in [0.5, 0.6) is 0 Å². The van der Waals surface area contributed by atoms with E-state index in [0.717, 1.165) is 26.6 Å². The molecule has 1 N–H and O–H groups in total. The van der Waals surface area contributed by atoms with E-state index in [2.05, 4.69) is 20.9 Å². The van der Waals surface area contributed by atoms with Crippen molar-refractivity contribution in [1.29, 1.82) is 0 Å². The van der Waals surface area contributed by atoms with Gasteiger partial charge in [0, 0.05) is 22.4 Å². The second-order valence-electron chi connectivity index (χ2n) is 5.71. The molecule has 0 unspecified atom stereocenters. The van der Waals surface area contributed by atoms with E-state index in [4.69, 9.17) is 4.98 Å². The van der Waals surface area contributed by atoms with Gasteiger partial charge in [0.1, 0.15) is 0 Å². The molecular formula is C18H14BrN3O. The van der Waals surface area contributed by atoms with Gasteiger partial charge < -0.3 is 4.98 Å². The van der Waals surface area contributed by atoms with Gasteiger partial charge in [0.15, 0.2) is 5.82 Å². The highest BCUT2D eigenvalue weighted by Gasteiger charge is 2.14. The van der Waals surface area contributed by atoms with E-state index in [1.54, 1.807) is 11.6 Å². The molecule has 0 saturated carbocycles. The van der Waals surface area contributed by atoms with Crippen LogP contribution in [-0.4, -0.2) is 14.5 Å². The molecule has 0 radical (unpaired) electrons. The van der Waals surface area contributed by atoms with Crippen LogP contribution >= 0.6 is 15.9 Å². The van der Waals surface area contributed by atoms with Crippen LogP contribution in [0.3, 0.4) is 0 Å². The van der Waals surface area contributed by atoms with Crippen molar-refractivity contribution in [3.8, 4) is 11.5 Å². The molecule has 0 spiro atoms. The zero-order valence-electron chi connectivity index (χ0n) is 12.7. The van der Waals surface area contributed by atoms with Gasteiger partial charge in [0.2, 0.25) is 0 Å². The Bertz CT molecular complexity index is 1090. The third-order valence-electron chi connectivity index (χ3n) is 4.05. The number of fused-ring (bicyclic) bond motifs is 2. The number of para-hydroxylation sites is 1. The fourth-order valence-corrected chi connectivity index (χ4v) is 3.57. The number of halogens is 1. The Balaban J connectivity index is 2.07. The summed E-state index contributed by atoms with van der Waals surface area (Å²) in [7, 11) is 1.76. The molecule has 0 saturated heterocycles. The molecule has 0 aliphatic heterocycles. The average molecular weight is 368 g/mol. The SMILES string of the molecule is Cc1cc(Br)c2nc(-c3cc4ccccc4[nH]3)n(C)c(=O)c2c1. The van der Waals surface area contributed by atoms with E-state index in [1.807, 2.05) is 49.4 Å². The highest BCUT2D eigenvalue weighted by molar-refractivity contribution is 9.10. The number of aromatic nitrogens is 3. The van der Waals surface area contributed by atoms with E-state index in [-0.39, 0.29) is 5.56 Å². The zero-order valence-corrected chi connectivity index (χ0v) is 14.3. The molecule has 23 heavy (non-hydrogen) atoms. The Labute approximate surface area is 140 Å². The molecule has 5 heteroatoms. The number of rotatable bonds is 1. The molecule has 2 heterocycles. The molecule has 0 fully saturated rings. The molecule has 0 bridgehead atoms. The van der Waals surface area contributed by atoms with E-state index >= 15 is 0 Å². The number of nitrogens with zero attached hydrogens (tertiary/aromatic N) is 2. The molecule has 4 rings (SSSR count). The number of hydrogen-bond donors (Lipinski definition) is 1. The fourth-order valence-electron chi connectivity index (χ4n) is 2.90. The maximum atomic E-state index is 12.7. The number of benzene rings is 2. The van der Waals surface area contributed by atoms with Crippen LogP contribution in [-0.2, 0) is 7.05 Å². The molecule has 0 aliphatic carbocycles. The van der Waals surface area contributed by atoms with E-state index < -0.39 is 0 Å². The van der Waals surface area contributed by atoms with Crippen molar-refractivity contribution in [3.05, 3.63) is 62.9 Å². The van der Waals surface area contributed by atoms with E-state index in [9.17, 15) is 4.79 Å². The summed E-state index contributed by atoms with van der Waals surface area (Å²) >= 11 is 3.53. The number of hydrogen-bond acceptors (Lipinski definition) is 2. The summed E-state index contributed by atoms with van der Waals surface area (Å²) in [5, 5.41) is 1.72. The smallest absolute Gasteiger partial charge is 0.261 e. The van der Waals surface area contributed by atoms with Gasteiger partial charge >= 0.3 is 0 Å². The lowest BCUT2D eigenvalue weighted by Gasteiger charge is -2.09. The first-order chi connectivity index (χ1) is 11.0. The minimum absolute atomic E-state index is 0.0481. The zero-order chi connectivity index (χ0) is 16.1. The third kappa shape index (κ3) is 2.19. The lowest BCUT2D eigenvalue weighted by molar-refractivity contribution is 0.851. The molecule has 0 atom stereocenters.